The fourth-order valence-corrected chi connectivity index (χ4v) is 5.99. The van der Waals surface area contributed by atoms with E-state index in [0.29, 0.717) is 29.6 Å². The third kappa shape index (κ3) is 4.48. The van der Waals surface area contributed by atoms with Crippen molar-refractivity contribution in [2.45, 2.75) is 77.1 Å². The maximum absolute atomic E-state index is 13.2. The van der Waals surface area contributed by atoms with Crippen molar-refractivity contribution in [2.24, 2.45) is 5.92 Å². The zero-order chi connectivity index (χ0) is 24.6. The molecule has 10 heteroatoms. The summed E-state index contributed by atoms with van der Waals surface area (Å²) in [6, 6.07) is 6.03. The molecule has 6 rings (SSSR count). The summed E-state index contributed by atoms with van der Waals surface area (Å²) in [5.41, 5.74) is 1.34. The Morgan fingerprint density at radius 2 is 1.92 bits per heavy atom. The van der Waals surface area contributed by atoms with Crippen molar-refractivity contribution in [1.82, 2.24) is 30.1 Å². The Kier molecular flexibility index (Phi) is 6.39. The molecular formula is C26H34N6O4. The molecule has 0 amide bonds. The number of aromatic nitrogens is 5. The van der Waals surface area contributed by atoms with Crippen molar-refractivity contribution in [3.05, 3.63) is 39.9 Å². The highest BCUT2D eigenvalue weighted by molar-refractivity contribution is 5.83. The van der Waals surface area contributed by atoms with Crippen molar-refractivity contribution >= 4 is 10.9 Å². The van der Waals surface area contributed by atoms with E-state index in [1.54, 1.807) is 0 Å². The second-order valence-electron chi connectivity index (χ2n) is 10.6. The molecule has 192 valence electrons. The third-order valence-corrected chi connectivity index (χ3v) is 7.73. The second-order valence-corrected chi connectivity index (χ2v) is 10.6. The predicted molar refractivity (Wildman–Crippen MR) is 133 cm³/mol. The standard InChI is InChI=1S/C26H34N6O4/c1-16(2)24(25-28-29-30-32(25)19-6-3-4-7-19)31(14-20-8-5-9-34-20)13-18-10-17-11-22-23(36-15-35-22)12-21(17)27-26(18)33/h10-12,16,19-20,24H,3-9,13-15H2,1-2H3,(H,27,33)/t20-,24+/m0/s1. The zero-order valence-electron chi connectivity index (χ0n) is 21.0. The zero-order valence-corrected chi connectivity index (χ0v) is 21.0. The Balaban J connectivity index is 1.37. The summed E-state index contributed by atoms with van der Waals surface area (Å²) < 4.78 is 19.1. The highest BCUT2D eigenvalue weighted by atomic mass is 16.7. The van der Waals surface area contributed by atoms with E-state index < -0.39 is 0 Å². The highest BCUT2D eigenvalue weighted by Gasteiger charge is 2.34. The van der Waals surface area contributed by atoms with Gasteiger partial charge in [-0.1, -0.05) is 26.7 Å². The van der Waals surface area contributed by atoms with Gasteiger partial charge in [-0.3, -0.25) is 9.69 Å². The lowest BCUT2D eigenvalue weighted by Gasteiger charge is -2.35. The summed E-state index contributed by atoms with van der Waals surface area (Å²) >= 11 is 0. The summed E-state index contributed by atoms with van der Waals surface area (Å²) in [7, 11) is 0. The fraction of sp³-hybridized carbons (Fsp3) is 0.615. The van der Waals surface area contributed by atoms with Gasteiger partial charge in [-0.2, -0.15) is 0 Å². The topological polar surface area (TPSA) is 107 Å². The molecule has 36 heavy (non-hydrogen) atoms. The van der Waals surface area contributed by atoms with Crippen LogP contribution in [0.3, 0.4) is 0 Å². The van der Waals surface area contributed by atoms with Crippen molar-refractivity contribution in [3.63, 3.8) is 0 Å². The van der Waals surface area contributed by atoms with Gasteiger partial charge in [0.05, 0.1) is 23.7 Å². The molecule has 0 radical (unpaired) electrons. The number of tetrazole rings is 1. The van der Waals surface area contributed by atoms with Crippen LogP contribution in [-0.2, 0) is 11.3 Å². The largest absolute Gasteiger partial charge is 0.454 e. The van der Waals surface area contributed by atoms with E-state index in [1.165, 1.54) is 12.8 Å². The fourth-order valence-electron chi connectivity index (χ4n) is 5.99. The van der Waals surface area contributed by atoms with Gasteiger partial charge >= 0.3 is 0 Å². The van der Waals surface area contributed by atoms with Gasteiger partial charge in [0.1, 0.15) is 0 Å². The molecule has 1 saturated heterocycles. The molecule has 0 bridgehead atoms. The molecule has 2 fully saturated rings. The number of ether oxygens (including phenoxy) is 3. The van der Waals surface area contributed by atoms with Crippen LogP contribution in [0.4, 0.5) is 0 Å². The van der Waals surface area contributed by atoms with Crippen LogP contribution < -0.4 is 15.0 Å². The number of hydrogen-bond acceptors (Lipinski definition) is 8. The van der Waals surface area contributed by atoms with Crippen molar-refractivity contribution in [3.8, 4) is 11.5 Å². The Morgan fingerprint density at radius 3 is 2.67 bits per heavy atom. The summed E-state index contributed by atoms with van der Waals surface area (Å²) in [6.07, 6.45) is 6.85. The van der Waals surface area contributed by atoms with Crippen LogP contribution in [-0.4, -0.2) is 56.1 Å². The molecule has 0 spiro atoms. The number of benzene rings is 1. The lowest BCUT2D eigenvalue weighted by Crippen LogP contribution is -2.40. The minimum absolute atomic E-state index is 0.0448. The Morgan fingerprint density at radius 1 is 1.11 bits per heavy atom. The van der Waals surface area contributed by atoms with E-state index in [4.69, 9.17) is 14.2 Å². The molecule has 10 nitrogen and oxygen atoms in total. The lowest BCUT2D eigenvalue weighted by molar-refractivity contribution is 0.0379. The normalized spacial score (nSPS) is 20.8. The first-order valence-electron chi connectivity index (χ1n) is 13.2. The van der Waals surface area contributed by atoms with E-state index in [2.05, 4.69) is 39.3 Å². The van der Waals surface area contributed by atoms with Gasteiger partial charge in [-0.25, -0.2) is 4.68 Å². The van der Waals surface area contributed by atoms with E-state index in [-0.39, 0.29) is 30.4 Å². The maximum Gasteiger partial charge on any atom is 0.252 e. The number of aromatic amines is 1. The van der Waals surface area contributed by atoms with Gasteiger partial charge in [0.2, 0.25) is 6.79 Å². The van der Waals surface area contributed by atoms with Crippen molar-refractivity contribution < 1.29 is 14.2 Å². The maximum atomic E-state index is 13.2. The van der Waals surface area contributed by atoms with Crippen LogP contribution >= 0.6 is 0 Å². The smallest absolute Gasteiger partial charge is 0.252 e. The minimum atomic E-state index is -0.100. The van der Waals surface area contributed by atoms with E-state index in [1.807, 2.05) is 22.9 Å². The van der Waals surface area contributed by atoms with Gasteiger partial charge < -0.3 is 19.2 Å². The minimum Gasteiger partial charge on any atom is -0.454 e. The second kappa shape index (κ2) is 9.82. The van der Waals surface area contributed by atoms with Crippen LogP contribution in [0.1, 0.15) is 75.8 Å². The molecule has 0 unspecified atom stereocenters. The molecule has 3 aromatic rings. The van der Waals surface area contributed by atoms with Gasteiger partial charge in [0, 0.05) is 36.7 Å². The van der Waals surface area contributed by atoms with Crippen LogP contribution in [0.15, 0.2) is 23.0 Å². The lowest BCUT2D eigenvalue weighted by atomic mass is 9.99. The molecular weight excluding hydrogens is 460 g/mol. The number of hydrogen-bond donors (Lipinski definition) is 1. The van der Waals surface area contributed by atoms with Gasteiger partial charge in [0.15, 0.2) is 17.3 Å². The number of nitrogens with zero attached hydrogens (tertiary/aromatic N) is 5. The summed E-state index contributed by atoms with van der Waals surface area (Å²) in [4.78, 5) is 18.6. The van der Waals surface area contributed by atoms with Crippen LogP contribution in [0.25, 0.3) is 10.9 Å². The molecule has 4 heterocycles. The van der Waals surface area contributed by atoms with Crippen molar-refractivity contribution in [2.75, 3.05) is 19.9 Å². The number of rotatable bonds is 8. The third-order valence-electron chi connectivity index (χ3n) is 7.73. The van der Waals surface area contributed by atoms with Gasteiger partial charge in [0.25, 0.3) is 5.56 Å². The molecule has 1 aliphatic carbocycles. The van der Waals surface area contributed by atoms with Gasteiger partial charge in [-0.15, -0.1) is 5.10 Å². The SMILES string of the molecule is CC(C)[C@H](c1nnnn1C1CCCC1)N(Cc1cc2cc3c(cc2[nH]c1=O)OCO3)C[C@@H]1CCCO1. The Labute approximate surface area is 209 Å². The molecule has 2 aliphatic heterocycles. The van der Waals surface area contributed by atoms with Crippen LogP contribution in [0.2, 0.25) is 0 Å². The number of H-pyrrole nitrogens is 1. The number of fused-ring (bicyclic) bond motifs is 2. The van der Waals surface area contributed by atoms with E-state index in [0.717, 1.165) is 55.6 Å². The monoisotopic (exact) mass is 494 g/mol. The van der Waals surface area contributed by atoms with Crippen LogP contribution in [0.5, 0.6) is 11.5 Å². The molecule has 2 atom stereocenters. The number of nitrogens with one attached hydrogen (secondary N) is 1. The number of pyridine rings is 1. The Hall–Kier alpha value is -2.98. The predicted octanol–water partition coefficient (Wildman–Crippen LogP) is 3.74. The Bertz CT molecular complexity index is 1280. The highest BCUT2D eigenvalue weighted by Crippen LogP contribution is 2.37. The summed E-state index contributed by atoms with van der Waals surface area (Å²) in [5.74, 6) is 2.48. The van der Waals surface area contributed by atoms with Gasteiger partial charge in [-0.05, 0) is 54.2 Å². The first-order chi connectivity index (χ1) is 17.6. The quantitative estimate of drug-likeness (QED) is 0.505. The van der Waals surface area contributed by atoms with Crippen LogP contribution in [0, 0.1) is 5.92 Å². The van der Waals surface area contributed by atoms with E-state index in [9.17, 15) is 4.79 Å². The average molecular weight is 495 g/mol. The average Bonchev–Trinajstić information content (AvgIpc) is 3.65. The molecule has 1 aromatic carbocycles. The molecule has 3 aliphatic rings. The molecule has 2 aromatic heterocycles. The molecule has 1 saturated carbocycles. The first kappa shape index (κ1) is 23.4. The summed E-state index contributed by atoms with van der Waals surface area (Å²) in [5, 5.41) is 14.0. The van der Waals surface area contributed by atoms with E-state index >= 15 is 0 Å². The van der Waals surface area contributed by atoms with Crippen molar-refractivity contribution in [1.29, 1.82) is 0 Å². The summed E-state index contributed by atoms with van der Waals surface area (Å²) in [6.45, 7) is 6.58. The first-order valence-corrected chi connectivity index (χ1v) is 13.2. The molecule has 1 N–H and O–H groups in total.